The van der Waals surface area contributed by atoms with E-state index in [0.29, 0.717) is 11.8 Å². The first-order chi connectivity index (χ1) is 14.0. The summed E-state index contributed by atoms with van der Waals surface area (Å²) < 4.78 is 10.5. The second kappa shape index (κ2) is 10.00. The van der Waals surface area contributed by atoms with E-state index in [0.717, 1.165) is 11.1 Å². The molecule has 0 unspecified atom stereocenters. The van der Waals surface area contributed by atoms with Crippen LogP contribution in [0.5, 0.6) is 0 Å². The molecular formula is C21H28N4O5. The van der Waals surface area contributed by atoms with Crippen LogP contribution in [-0.4, -0.2) is 58.6 Å². The lowest BCUT2D eigenvalue weighted by atomic mass is 10.1. The summed E-state index contributed by atoms with van der Waals surface area (Å²) in [5, 5.41) is 10.7. The van der Waals surface area contributed by atoms with E-state index in [2.05, 4.69) is 15.5 Å². The van der Waals surface area contributed by atoms with E-state index in [1.165, 1.54) is 11.9 Å². The molecule has 0 saturated carbocycles. The Morgan fingerprint density at radius 2 is 1.80 bits per heavy atom. The van der Waals surface area contributed by atoms with Crippen molar-refractivity contribution in [1.82, 2.24) is 20.4 Å². The fraction of sp³-hybridized carbons (Fsp3) is 0.476. The number of carbonyl (C=O) groups is 3. The molecule has 0 atom stereocenters. The van der Waals surface area contributed by atoms with Crippen molar-refractivity contribution in [3.63, 3.8) is 0 Å². The Labute approximate surface area is 175 Å². The number of amides is 2. The smallest absolute Gasteiger partial charge is 0.306 e. The Balaban J connectivity index is 1.74. The van der Waals surface area contributed by atoms with Gasteiger partial charge in [0.15, 0.2) is 6.61 Å². The molecule has 1 heterocycles. The topological polar surface area (TPSA) is 115 Å². The zero-order chi connectivity index (χ0) is 22.3. The summed E-state index contributed by atoms with van der Waals surface area (Å²) in [6.07, 6.45) is 0.201. The van der Waals surface area contributed by atoms with Gasteiger partial charge in [-0.3, -0.25) is 14.4 Å². The van der Waals surface area contributed by atoms with Gasteiger partial charge in [0.05, 0.1) is 13.0 Å². The molecule has 0 aliphatic rings. The fourth-order valence-electron chi connectivity index (χ4n) is 2.46. The average Bonchev–Trinajstić information content (AvgIpc) is 3.12. The van der Waals surface area contributed by atoms with Crippen LogP contribution in [0, 0.1) is 6.92 Å². The van der Waals surface area contributed by atoms with Gasteiger partial charge in [0.25, 0.3) is 5.91 Å². The van der Waals surface area contributed by atoms with Gasteiger partial charge < -0.3 is 19.4 Å². The van der Waals surface area contributed by atoms with Crippen LogP contribution in [0.3, 0.4) is 0 Å². The summed E-state index contributed by atoms with van der Waals surface area (Å²) in [7, 11) is 1.48. The van der Waals surface area contributed by atoms with Gasteiger partial charge in [-0.15, -0.1) is 10.2 Å². The Morgan fingerprint density at radius 1 is 1.13 bits per heavy atom. The largest absolute Gasteiger partial charge is 0.456 e. The third-order valence-corrected chi connectivity index (χ3v) is 3.99. The number of rotatable bonds is 8. The Bertz CT molecular complexity index is 884. The fourth-order valence-corrected chi connectivity index (χ4v) is 2.46. The standard InChI is InChI=1S/C21H28N4O5/c1-14-6-8-15(9-7-14)20-24-23-17(30-20)10-11-19(28)29-13-18(27)25(5)12-16(26)22-21(2,3)4/h6-9H,10-13H2,1-5H3,(H,22,26). The summed E-state index contributed by atoms with van der Waals surface area (Å²) in [6, 6.07) is 7.64. The van der Waals surface area contributed by atoms with E-state index in [-0.39, 0.29) is 30.8 Å². The number of esters is 1. The van der Waals surface area contributed by atoms with Crippen LogP contribution in [0.1, 0.15) is 38.6 Å². The first-order valence-corrected chi connectivity index (χ1v) is 9.63. The maximum Gasteiger partial charge on any atom is 0.306 e. The maximum absolute atomic E-state index is 12.0. The quantitative estimate of drug-likeness (QED) is 0.654. The van der Waals surface area contributed by atoms with Gasteiger partial charge in [0, 0.05) is 24.6 Å². The molecule has 2 aromatic rings. The summed E-state index contributed by atoms with van der Waals surface area (Å²) in [5.41, 5.74) is 1.53. The molecule has 0 fully saturated rings. The molecule has 0 spiro atoms. The van der Waals surface area contributed by atoms with E-state index in [4.69, 9.17) is 9.15 Å². The van der Waals surface area contributed by atoms with Crippen molar-refractivity contribution < 1.29 is 23.5 Å². The number of hydrogen-bond acceptors (Lipinski definition) is 7. The minimum Gasteiger partial charge on any atom is -0.456 e. The molecule has 2 amide bonds. The number of nitrogens with zero attached hydrogens (tertiary/aromatic N) is 3. The van der Waals surface area contributed by atoms with Crippen LogP contribution in [0.4, 0.5) is 0 Å². The molecule has 0 aliphatic heterocycles. The predicted molar refractivity (Wildman–Crippen MR) is 109 cm³/mol. The Kier molecular flexibility index (Phi) is 7.68. The lowest BCUT2D eigenvalue weighted by Crippen LogP contribution is -2.46. The van der Waals surface area contributed by atoms with Gasteiger partial charge in [0.1, 0.15) is 0 Å². The van der Waals surface area contributed by atoms with E-state index in [1.54, 1.807) is 0 Å². The Morgan fingerprint density at radius 3 is 2.43 bits per heavy atom. The number of aromatic nitrogens is 2. The lowest BCUT2D eigenvalue weighted by Gasteiger charge is -2.23. The van der Waals surface area contributed by atoms with Crippen molar-refractivity contribution in [2.75, 3.05) is 20.2 Å². The predicted octanol–water partition coefficient (Wildman–Crippen LogP) is 1.89. The van der Waals surface area contributed by atoms with Crippen LogP contribution >= 0.6 is 0 Å². The average molecular weight is 416 g/mol. The first kappa shape index (κ1) is 23.1. The zero-order valence-electron chi connectivity index (χ0n) is 18.0. The number of hydrogen-bond donors (Lipinski definition) is 1. The normalized spacial score (nSPS) is 11.1. The summed E-state index contributed by atoms with van der Waals surface area (Å²) >= 11 is 0. The molecule has 9 heteroatoms. The van der Waals surface area contributed by atoms with Crippen LogP contribution < -0.4 is 5.32 Å². The summed E-state index contributed by atoms with van der Waals surface area (Å²) in [6.45, 7) is 6.98. The maximum atomic E-state index is 12.0. The van der Waals surface area contributed by atoms with Crippen molar-refractivity contribution in [3.05, 3.63) is 35.7 Å². The van der Waals surface area contributed by atoms with Gasteiger partial charge in [-0.2, -0.15) is 0 Å². The van der Waals surface area contributed by atoms with Crippen LogP contribution in [0.15, 0.2) is 28.7 Å². The summed E-state index contributed by atoms with van der Waals surface area (Å²) in [4.78, 5) is 37.0. The van der Waals surface area contributed by atoms with Gasteiger partial charge in [-0.05, 0) is 39.8 Å². The van der Waals surface area contributed by atoms with E-state index in [9.17, 15) is 14.4 Å². The van der Waals surface area contributed by atoms with Crippen LogP contribution in [-0.2, 0) is 25.5 Å². The van der Waals surface area contributed by atoms with E-state index < -0.39 is 18.5 Å². The van der Waals surface area contributed by atoms with Gasteiger partial charge in [-0.1, -0.05) is 17.7 Å². The van der Waals surface area contributed by atoms with Crippen molar-refractivity contribution in [3.8, 4) is 11.5 Å². The molecule has 1 aromatic heterocycles. The molecule has 1 aromatic carbocycles. The van der Waals surface area contributed by atoms with Crippen LogP contribution in [0.2, 0.25) is 0 Å². The second-order valence-electron chi connectivity index (χ2n) is 8.08. The molecule has 0 aliphatic carbocycles. The van der Waals surface area contributed by atoms with Crippen molar-refractivity contribution in [2.45, 2.75) is 46.1 Å². The van der Waals surface area contributed by atoms with Gasteiger partial charge in [0.2, 0.25) is 17.7 Å². The van der Waals surface area contributed by atoms with Crippen LogP contribution in [0.25, 0.3) is 11.5 Å². The molecular weight excluding hydrogens is 388 g/mol. The molecule has 0 bridgehead atoms. The van der Waals surface area contributed by atoms with Gasteiger partial charge in [-0.25, -0.2) is 0 Å². The second-order valence-corrected chi connectivity index (χ2v) is 8.08. The highest BCUT2D eigenvalue weighted by Crippen LogP contribution is 2.18. The van der Waals surface area contributed by atoms with E-state index >= 15 is 0 Å². The SMILES string of the molecule is Cc1ccc(-c2nnc(CCC(=O)OCC(=O)N(C)CC(=O)NC(C)(C)C)o2)cc1. The van der Waals surface area contributed by atoms with E-state index in [1.807, 2.05) is 52.0 Å². The van der Waals surface area contributed by atoms with Crippen molar-refractivity contribution in [1.29, 1.82) is 0 Å². The minimum absolute atomic E-state index is 0.00294. The number of carbonyl (C=O) groups excluding carboxylic acids is 3. The molecule has 0 saturated heterocycles. The summed E-state index contributed by atoms with van der Waals surface area (Å²) in [5.74, 6) is -0.628. The third kappa shape index (κ3) is 7.65. The molecule has 1 N–H and O–H groups in total. The minimum atomic E-state index is -0.564. The number of likely N-dealkylation sites (N-methyl/N-ethyl adjacent to an activating group) is 1. The molecule has 2 rings (SSSR count). The number of nitrogens with one attached hydrogen (secondary N) is 1. The number of aryl methyl sites for hydroxylation is 2. The molecule has 30 heavy (non-hydrogen) atoms. The van der Waals surface area contributed by atoms with Crippen molar-refractivity contribution in [2.24, 2.45) is 0 Å². The molecule has 0 radical (unpaired) electrons. The number of benzene rings is 1. The lowest BCUT2D eigenvalue weighted by molar-refractivity contribution is -0.152. The third-order valence-electron chi connectivity index (χ3n) is 3.99. The first-order valence-electron chi connectivity index (χ1n) is 9.63. The zero-order valence-corrected chi connectivity index (χ0v) is 18.0. The highest BCUT2D eigenvalue weighted by atomic mass is 16.5. The number of ether oxygens (including phenoxy) is 1. The molecule has 162 valence electrons. The molecule has 9 nitrogen and oxygen atoms in total. The highest BCUT2D eigenvalue weighted by Gasteiger charge is 2.19. The Hall–Kier alpha value is -3.23. The highest BCUT2D eigenvalue weighted by molar-refractivity contribution is 5.86. The monoisotopic (exact) mass is 416 g/mol. The van der Waals surface area contributed by atoms with Gasteiger partial charge >= 0.3 is 5.97 Å². The van der Waals surface area contributed by atoms with Crippen molar-refractivity contribution >= 4 is 17.8 Å².